The first-order valence-electron chi connectivity index (χ1n) is 6.96. The second-order valence-electron chi connectivity index (χ2n) is 4.86. The van der Waals surface area contributed by atoms with E-state index >= 15 is 0 Å². The van der Waals surface area contributed by atoms with Gasteiger partial charge in [-0.1, -0.05) is 24.3 Å². The Labute approximate surface area is 132 Å². The Balaban J connectivity index is 1.79. The van der Waals surface area contributed by atoms with Crippen LogP contribution in [0.2, 0.25) is 0 Å². The lowest BCUT2D eigenvalue weighted by Gasteiger charge is -2.10. The number of nitrogens with zero attached hydrogens (tertiary/aromatic N) is 4. The maximum atomic E-state index is 12.3. The summed E-state index contributed by atoms with van der Waals surface area (Å²) in [5.74, 6) is 1.04. The van der Waals surface area contributed by atoms with Crippen LogP contribution in [0.15, 0.2) is 48.5 Å². The van der Waals surface area contributed by atoms with Crippen molar-refractivity contribution in [3.05, 3.63) is 54.1 Å². The van der Waals surface area contributed by atoms with Crippen LogP contribution >= 0.6 is 0 Å². The molecule has 0 spiro atoms. The van der Waals surface area contributed by atoms with Crippen molar-refractivity contribution in [1.29, 1.82) is 0 Å². The first kappa shape index (κ1) is 14.7. The molecule has 0 unspecified atom stereocenters. The van der Waals surface area contributed by atoms with Crippen molar-refractivity contribution in [3.8, 4) is 17.1 Å². The second-order valence-corrected chi connectivity index (χ2v) is 4.86. The summed E-state index contributed by atoms with van der Waals surface area (Å²) >= 11 is 0. The summed E-state index contributed by atoms with van der Waals surface area (Å²) in [7, 11) is 3.33. The SMILES string of the molecule is COc1ccccc1NC(=O)c1ccc(-c2nnnn2C)cc1. The van der Waals surface area contributed by atoms with Crippen LogP contribution in [0.5, 0.6) is 5.75 Å². The molecule has 0 fully saturated rings. The van der Waals surface area contributed by atoms with E-state index in [0.29, 0.717) is 22.8 Å². The van der Waals surface area contributed by atoms with Gasteiger partial charge in [0.25, 0.3) is 5.91 Å². The number of rotatable bonds is 4. The number of nitrogens with one attached hydrogen (secondary N) is 1. The number of ether oxygens (including phenoxy) is 1. The van der Waals surface area contributed by atoms with Crippen LogP contribution in [-0.4, -0.2) is 33.2 Å². The maximum absolute atomic E-state index is 12.3. The van der Waals surface area contributed by atoms with Crippen LogP contribution < -0.4 is 10.1 Å². The van der Waals surface area contributed by atoms with Gasteiger partial charge < -0.3 is 10.1 Å². The highest BCUT2D eigenvalue weighted by atomic mass is 16.5. The average molecular weight is 309 g/mol. The molecule has 23 heavy (non-hydrogen) atoms. The normalized spacial score (nSPS) is 10.3. The summed E-state index contributed by atoms with van der Waals surface area (Å²) in [5, 5.41) is 14.2. The van der Waals surface area contributed by atoms with E-state index in [1.807, 2.05) is 24.3 Å². The Kier molecular flexibility index (Phi) is 4.01. The maximum Gasteiger partial charge on any atom is 0.255 e. The highest BCUT2D eigenvalue weighted by Gasteiger charge is 2.11. The predicted molar refractivity (Wildman–Crippen MR) is 85.2 cm³/mol. The molecule has 0 saturated carbocycles. The van der Waals surface area contributed by atoms with Crippen LogP contribution in [0, 0.1) is 0 Å². The zero-order chi connectivity index (χ0) is 16.2. The first-order valence-corrected chi connectivity index (χ1v) is 6.96. The molecule has 1 heterocycles. The fraction of sp³-hybridized carbons (Fsp3) is 0.125. The second kappa shape index (κ2) is 6.27. The van der Waals surface area contributed by atoms with Crippen molar-refractivity contribution in [1.82, 2.24) is 20.2 Å². The Hall–Kier alpha value is -3.22. The molecule has 2 aromatic carbocycles. The molecule has 3 aromatic rings. The van der Waals surface area contributed by atoms with Gasteiger partial charge >= 0.3 is 0 Å². The molecule has 1 N–H and O–H groups in total. The summed E-state index contributed by atoms with van der Waals surface area (Å²) in [6, 6.07) is 14.3. The van der Waals surface area contributed by atoms with Crippen LogP contribution in [-0.2, 0) is 7.05 Å². The number of tetrazole rings is 1. The number of anilines is 1. The third kappa shape index (κ3) is 3.03. The summed E-state index contributed by atoms with van der Waals surface area (Å²) in [4.78, 5) is 12.3. The minimum atomic E-state index is -0.211. The molecule has 0 atom stereocenters. The minimum absolute atomic E-state index is 0.211. The fourth-order valence-electron chi connectivity index (χ4n) is 2.19. The molecule has 7 nitrogen and oxygen atoms in total. The highest BCUT2D eigenvalue weighted by molar-refractivity contribution is 6.05. The molecule has 0 bridgehead atoms. The third-order valence-corrected chi connectivity index (χ3v) is 3.38. The van der Waals surface area contributed by atoms with Gasteiger partial charge in [-0.3, -0.25) is 4.79 Å². The standard InChI is InChI=1S/C16H15N5O2/c1-21-15(18-19-20-21)11-7-9-12(10-8-11)16(22)17-13-5-3-4-6-14(13)23-2/h3-10H,1-2H3,(H,17,22). The molecular weight excluding hydrogens is 294 g/mol. The van der Waals surface area contributed by atoms with Crippen molar-refractivity contribution < 1.29 is 9.53 Å². The van der Waals surface area contributed by atoms with Crippen LogP contribution in [0.3, 0.4) is 0 Å². The van der Waals surface area contributed by atoms with Crippen molar-refractivity contribution >= 4 is 11.6 Å². The molecular formula is C16H15N5O2. The summed E-state index contributed by atoms with van der Waals surface area (Å²) in [5.41, 5.74) is 2.00. The lowest BCUT2D eigenvalue weighted by molar-refractivity contribution is 0.102. The molecule has 3 rings (SSSR count). The molecule has 1 aromatic heterocycles. The van der Waals surface area contributed by atoms with E-state index in [9.17, 15) is 4.79 Å². The largest absolute Gasteiger partial charge is 0.495 e. The Morgan fingerprint density at radius 1 is 1.13 bits per heavy atom. The number of carbonyl (C=O) groups is 1. The Morgan fingerprint density at radius 3 is 2.52 bits per heavy atom. The average Bonchev–Trinajstić information content (AvgIpc) is 3.01. The van der Waals surface area contributed by atoms with Crippen molar-refractivity contribution in [3.63, 3.8) is 0 Å². The van der Waals surface area contributed by atoms with Gasteiger partial charge in [-0.05, 0) is 34.7 Å². The van der Waals surface area contributed by atoms with E-state index in [0.717, 1.165) is 5.56 Å². The van der Waals surface area contributed by atoms with E-state index in [1.165, 1.54) is 0 Å². The number of aryl methyl sites for hydroxylation is 1. The summed E-state index contributed by atoms with van der Waals surface area (Å²) in [6.07, 6.45) is 0. The fourth-order valence-corrected chi connectivity index (χ4v) is 2.19. The van der Waals surface area contributed by atoms with Gasteiger partial charge in [0.1, 0.15) is 5.75 Å². The van der Waals surface area contributed by atoms with E-state index in [4.69, 9.17) is 4.74 Å². The highest BCUT2D eigenvalue weighted by Crippen LogP contribution is 2.24. The number of aromatic nitrogens is 4. The first-order chi connectivity index (χ1) is 11.2. The number of hydrogen-bond acceptors (Lipinski definition) is 5. The smallest absolute Gasteiger partial charge is 0.255 e. The van der Waals surface area contributed by atoms with Gasteiger partial charge in [-0.15, -0.1) is 5.10 Å². The number of amides is 1. The lowest BCUT2D eigenvalue weighted by Crippen LogP contribution is -2.12. The minimum Gasteiger partial charge on any atom is -0.495 e. The van der Waals surface area contributed by atoms with E-state index < -0.39 is 0 Å². The predicted octanol–water partition coefficient (Wildman–Crippen LogP) is 2.14. The molecule has 7 heteroatoms. The molecule has 1 amide bonds. The van der Waals surface area contributed by atoms with Gasteiger partial charge in [-0.25, -0.2) is 4.68 Å². The quantitative estimate of drug-likeness (QED) is 0.798. The molecule has 0 aliphatic rings. The van der Waals surface area contributed by atoms with E-state index in [2.05, 4.69) is 20.8 Å². The Morgan fingerprint density at radius 2 is 1.87 bits per heavy atom. The van der Waals surface area contributed by atoms with Gasteiger partial charge in [0, 0.05) is 18.2 Å². The number of para-hydroxylation sites is 2. The molecule has 0 aliphatic carbocycles. The van der Waals surface area contributed by atoms with Crippen LogP contribution in [0.25, 0.3) is 11.4 Å². The summed E-state index contributed by atoms with van der Waals surface area (Å²) in [6.45, 7) is 0. The van der Waals surface area contributed by atoms with E-state index in [1.54, 1.807) is 43.1 Å². The van der Waals surface area contributed by atoms with Gasteiger partial charge in [0.2, 0.25) is 0 Å². The number of benzene rings is 2. The van der Waals surface area contributed by atoms with Crippen LogP contribution in [0.4, 0.5) is 5.69 Å². The van der Waals surface area contributed by atoms with Gasteiger partial charge in [0.05, 0.1) is 12.8 Å². The van der Waals surface area contributed by atoms with Crippen LogP contribution in [0.1, 0.15) is 10.4 Å². The Bertz CT molecular complexity index is 826. The third-order valence-electron chi connectivity index (χ3n) is 3.38. The number of methoxy groups -OCH3 is 1. The van der Waals surface area contributed by atoms with E-state index in [-0.39, 0.29) is 5.91 Å². The van der Waals surface area contributed by atoms with Crippen molar-refractivity contribution in [2.45, 2.75) is 0 Å². The zero-order valence-corrected chi connectivity index (χ0v) is 12.7. The van der Waals surface area contributed by atoms with Crippen molar-refractivity contribution in [2.75, 3.05) is 12.4 Å². The zero-order valence-electron chi connectivity index (χ0n) is 12.7. The van der Waals surface area contributed by atoms with Gasteiger partial charge in [-0.2, -0.15) is 0 Å². The van der Waals surface area contributed by atoms with Crippen molar-refractivity contribution in [2.24, 2.45) is 7.05 Å². The number of carbonyl (C=O) groups excluding carboxylic acids is 1. The lowest BCUT2D eigenvalue weighted by atomic mass is 10.1. The molecule has 0 saturated heterocycles. The molecule has 0 radical (unpaired) electrons. The molecule has 0 aliphatic heterocycles. The topological polar surface area (TPSA) is 81.9 Å². The summed E-state index contributed by atoms with van der Waals surface area (Å²) < 4.78 is 6.80. The number of hydrogen-bond donors (Lipinski definition) is 1. The van der Waals surface area contributed by atoms with Gasteiger partial charge in [0.15, 0.2) is 5.82 Å². The molecule has 116 valence electrons. The monoisotopic (exact) mass is 309 g/mol.